The molecule has 1 heterocycles. The van der Waals surface area contributed by atoms with E-state index in [1.54, 1.807) is 56.3 Å². The van der Waals surface area contributed by atoms with Gasteiger partial charge < -0.3 is 39.5 Å². The van der Waals surface area contributed by atoms with Gasteiger partial charge in [-0.15, -0.1) is 0 Å². The number of carbonyl (C=O) groups excluding carboxylic acids is 6. The smallest absolute Gasteiger partial charge is 0.474 e. The summed E-state index contributed by atoms with van der Waals surface area (Å²) < 4.78 is 44.5. The van der Waals surface area contributed by atoms with E-state index in [0.29, 0.717) is 43.2 Å². The number of phosphoric ester groups is 1. The second-order valence-corrected chi connectivity index (χ2v) is 16.5. The molecule has 0 radical (unpaired) electrons. The molecule has 1 unspecified atom stereocenters. The van der Waals surface area contributed by atoms with Gasteiger partial charge >= 0.3 is 19.8 Å². The van der Waals surface area contributed by atoms with Gasteiger partial charge in [0.2, 0.25) is 12.3 Å². The molecule has 4 atom stereocenters. The monoisotopic (exact) mass is 944 g/mol. The fourth-order valence-corrected chi connectivity index (χ4v) is 7.03. The molecule has 1 aromatic heterocycles. The van der Waals surface area contributed by atoms with Crippen LogP contribution in [0.4, 0.5) is 0 Å². The van der Waals surface area contributed by atoms with E-state index in [1.165, 1.54) is 18.2 Å². The SMILES string of the molecule is CCCCC[C@@H](C(=O)NCNC(=O)c1ccc(-c2ccc(C(=O)N[C@@H](CC(=O)OCCCC)C(=O)OCCCC)c(OCC)c2)o1)[C@@H](CC)N(C=O)OCOP(=O)(O)OCc1ccccc1. The number of benzene rings is 2. The van der Waals surface area contributed by atoms with Crippen LogP contribution >= 0.6 is 7.82 Å². The van der Waals surface area contributed by atoms with Gasteiger partial charge in [0.05, 0.1) is 57.0 Å². The van der Waals surface area contributed by atoms with Crippen LogP contribution in [0, 0.1) is 5.92 Å². The Labute approximate surface area is 386 Å². The molecule has 0 saturated carbocycles. The van der Waals surface area contributed by atoms with Crippen molar-refractivity contribution in [3.63, 3.8) is 0 Å². The molecule has 66 heavy (non-hydrogen) atoms. The molecule has 0 spiro atoms. The molecule has 4 amide bonds. The van der Waals surface area contributed by atoms with Crippen molar-refractivity contribution in [2.75, 3.05) is 33.3 Å². The van der Waals surface area contributed by atoms with Gasteiger partial charge in [-0.2, -0.15) is 0 Å². The zero-order chi connectivity index (χ0) is 48.3. The topological polar surface area (TPSA) is 248 Å². The van der Waals surface area contributed by atoms with Crippen LogP contribution in [0.15, 0.2) is 65.1 Å². The van der Waals surface area contributed by atoms with Crippen molar-refractivity contribution >= 4 is 43.9 Å². The number of furan rings is 1. The third-order valence-corrected chi connectivity index (χ3v) is 10.9. The molecule has 0 fully saturated rings. The van der Waals surface area contributed by atoms with E-state index in [9.17, 15) is 38.2 Å². The fourth-order valence-electron chi connectivity index (χ4n) is 6.46. The van der Waals surface area contributed by atoms with Crippen molar-refractivity contribution < 1.29 is 70.7 Å². The zero-order valence-corrected chi connectivity index (χ0v) is 39.3. The highest BCUT2D eigenvalue weighted by atomic mass is 31.2. The summed E-state index contributed by atoms with van der Waals surface area (Å²) in [5.74, 6) is -3.73. The number of esters is 2. The van der Waals surface area contributed by atoms with Crippen LogP contribution in [0.5, 0.6) is 5.75 Å². The van der Waals surface area contributed by atoms with E-state index < -0.39 is 68.7 Å². The second kappa shape index (κ2) is 29.8. The minimum Gasteiger partial charge on any atom is -0.493 e. The van der Waals surface area contributed by atoms with Gasteiger partial charge in [0.15, 0.2) is 12.6 Å². The van der Waals surface area contributed by atoms with Gasteiger partial charge in [-0.3, -0.25) is 33.0 Å². The highest BCUT2D eigenvalue weighted by molar-refractivity contribution is 7.47. The molecule has 0 bridgehead atoms. The summed E-state index contributed by atoms with van der Waals surface area (Å²) >= 11 is 0. The van der Waals surface area contributed by atoms with Crippen molar-refractivity contribution in [1.82, 2.24) is 21.0 Å². The van der Waals surface area contributed by atoms with E-state index in [4.69, 9.17) is 32.5 Å². The molecule has 3 aromatic rings. The first kappa shape index (κ1) is 54.7. The molecular weight excluding hydrogens is 879 g/mol. The van der Waals surface area contributed by atoms with Crippen molar-refractivity contribution in [2.45, 2.75) is 118 Å². The minimum atomic E-state index is -4.56. The lowest BCUT2D eigenvalue weighted by Crippen LogP contribution is -2.48. The van der Waals surface area contributed by atoms with Crippen LogP contribution in [-0.2, 0) is 53.7 Å². The second-order valence-electron chi connectivity index (χ2n) is 15.0. The number of rotatable bonds is 33. The molecule has 2 aromatic carbocycles. The van der Waals surface area contributed by atoms with Gasteiger partial charge in [0, 0.05) is 5.56 Å². The number of nitrogens with zero attached hydrogens (tertiary/aromatic N) is 1. The van der Waals surface area contributed by atoms with Gasteiger partial charge in [-0.1, -0.05) is 96.2 Å². The molecular formula is C46H65N4O15P. The number of hydrogen-bond donors (Lipinski definition) is 4. The Morgan fingerprint density at radius 1 is 0.833 bits per heavy atom. The number of unbranched alkanes of at least 4 members (excludes halogenated alkanes) is 4. The zero-order valence-electron chi connectivity index (χ0n) is 38.5. The summed E-state index contributed by atoms with van der Waals surface area (Å²) in [6.07, 6.45) is 5.75. The van der Waals surface area contributed by atoms with Crippen molar-refractivity contribution in [1.29, 1.82) is 0 Å². The first-order valence-corrected chi connectivity index (χ1v) is 23.9. The third-order valence-electron chi connectivity index (χ3n) is 10.0. The first-order chi connectivity index (χ1) is 31.8. The van der Waals surface area contributed by atoms with E-state index in [0.717, 1.165) is 30.7 Å². The summed E-state index contributed by atoms with van der Waals surface area (Å²) in [5, 5.41) is 8.76. The maximum absolute atomic E-state index is 13.6. The number of hydrogen-bond acceptors (Lipinski definition) is 14. The van der Waals surface area contributed by atoms with Crippen LogP contribution in [0.2, 0.25) is 0 Å². The first-order valence-electron chi connectivity index (χ1n) is 22.4. The number of ether oxygens (including phenoxy) is 3. The van der Waals surface area contributed by atoms with Crippen LogP contribution in [0.1, 0.15) is 125 Å². The maximum Gasteiger partial charge on any atom is 0.474 e. The Morgan fingerprint density at radius 2 is 1.55 bits per heavy atom. The van der Waals surface area contributed by atoms with Gasteiger partial charge in [0.1, 0.15) is 17.6 Å². The lowest BCUT2D eigenvalue weighted by atomic mass is 9.90. The summed E-state index contributed by atoms with van der Waals surface area (Å²) in [7, 11) is -4.56. The number of carbonyl (C=O) groups is 6. The predicted octanol–water partition coefficient (Wildman–Crippen LogP) is 6.98. The van der Waals surface area contributed by atoms with Crippen molar-refractivity contribution in [2.24, 2.45) is 5.92 Å². The van der Waals surface area contributed by atoms with Crippen molar-refractivity contribution in [3.05, 3.63) is 77.6 Å². The van der Waals surface area contributed by atoms with Crippen molar-refractivity contribution in [3.8, 4) is 17.1 Å². The van der Waals surface area contributed by atoms with Gasteiger partial charge in [0.25, 0.3) is 11.8 Å². The Kier molecular flexibility index (Phi) is 24.8. The molecule has 0 saturated heterocycles. The maximum atomic E-state index is 13.6. The largest absolute Gasteiger partial charge is 0.493 e. The summed E-state index contributed by atoms with van der Waals surface area (Å²) in [4.78, 5) is 93.5. The highest BCUT2D eigenvalue weighted by Gasteiger charge is 2.33. The quantitative estimate of drug-likeness (QED) is 0.0120. The van der Waals surface area contributed by atoms with Crippen LogP contribution in [0.3, 0.4) is 0 Å². The summed E-state index contributed by atoms with van der Waals surface area (Å²) in [6, 6.07) is 14.1. The van der Waals surface area contributed by atoms with E-state index in [-0.39, 0.29) is 62.4 Å². The Bertz CT molecular complexity index is 2030. The Hall–Kier alpha value is -5.59. The molecule has 4 N–H and O–H groups in total. The molecule has 3 rings (SSSR count). The molecule has 0 aliphatic carbocycles. The van der Waals surface area contributed by atoms with Gasteiger partial charge in [-0.05, 0) is 62.4 Å². The third kappa shape index (κ3) is 18.7. The van der Waals surface area contributed by atoms with E-state index >= 15 is 0 Å². The number of amides is 4. The van der Waals surface area contributed by atoms with Crippen LogP contribution in [0.25, 0.3) is 11.3 Å². The lowest BCUT2D eigenvalue weighted by molar-refractivity contribution is -0.221. The Balaban J connectivity index is 1.65. The average Bonchev–Trinajstić information content (AvgIpc) is 3.81. The predicted molar refractivity (Wildman–Crippen MR) is 241 cm³/mol. The van der Waals surface area contributed by atoms with Crippen LogP contribution < -0.4 is 20.7 Å². The van der Waals surface area contributed by atoms with E-state index in [2.05, 4.69) is 16.0 Å². The molecule has 19 nitrogen and oxygen atoms in total. The van der Waals surface area contributed by atoms with Crippen LogP contribution in [-0.4, -0.2) is 91.4 Å². The number of nitrogens with one attached hydrogen (secondary N) is 3. The molecule has 0 aliphatic rings. The lowest BCUT2D eigenvalue weighted by Gasteiger charge is -2.32. The fraction of sp³-hybridized carbons (Fsp3) is 0.522. The number of hydroxylamine groups is 2. The molecule has 364 valence electrons. The minimum absolute atomic E-state index is 0.0705. The molecule has 20 heteroatoms. The number of phosphoric acid groups is 1. The highest BCUT2D eigenvalue weighted by Crippen LogP contribution is 2.44. The Morgan fingerprint density at radius 3 is 2.21 bits per heavy atom. The molecule has 0 aliphatic heterocycles. The standard InChI is InChI=1S/C46H65N4O15P/c1-6-11-15-20-35(38(9-4)50(31-51)62-32-64-66(57,58)63-29-33-18-16-14-17-19-33)43(53)47-30-48-45(55)40-24-23-39(65-40)34-21-22-36(41(27-34)59-10-5)44(54)49-37(46(56)61-26-13-8-3)28-42(52)60-25-12-7-2/h14,16-19,21-24,27,31,35,37-38H,6-13,15,20,25-26,28-30,32H2,1-5H3,(H,47,53)(H,48,55)(H,49,54)(H,57,58)/t35-,37+,38-/m1/s1. The average molecular weight is 945 g/mol. The van der Waals surface area contributed by atoms with Gasteiger partial charge in [-0.25, -0.2) is 19.3 Å². The normalized spacial score (nSPS) is 13.3. The summed E-state index contributed by atoms with van der Waals surface area (Å²) in [6.45, 7) is 8.55. The summed E-state index contributed by atoms with van der Waals surface area (Å²) in [5.41, 5.74) is 1.16. The van der Waals surface area contributed by atoms with E-state index in [1.807, 2.05) is 20.8 Å².